The molecule has 0 heterocycles. The van der Waals surface area contributed by atoms with Crippen LogP contribution in [0.4, 0.5) is 8.78 Å². The smallest absolute Gasteiger partial charge is 0.387 e. The minimum atomic E-state index is -2.88. The van der Waals surface area contributed by atoms with Crippen LogP contribution in [0.25, 0.3) is 0 Å². The van der Waals surface area contributed by atoms with Gasteiger partial charge in [0.25, 0.3) is 0 Å². The van der Waals surface area contributed by atoms with E-state index in [1.54, 1.807) is 19.9 Å². The van der Waals surface area contributed by atoms with Crippen LogP contribution in [0.15, 0.2) is 18.2 Å². The van der Waals surface area contributed by atoms with Gasteiger partial charge in [0.05, 0.1) is 6.61 Å². The molecule has 1 aromatic carbocycles. The van der Waals surface area contributed by atoms with Crippen LogP contribution in [0.2, 0.25) is 0 Å². The lowest BCUT2D eigenvalue weighted by Gasteiger charge is -2.14. The monoisotopic (exact) mass is 244 g/mol. The molecule has 1 rings (SSSR count). The van der Waals surface area contributed by atoms with Gasteiger partial charge in [-0.1, -0.05) is 13.0 Å². The summed E-state index contributed by atoms with van der Waals surface area (Å²) in [5.74, 6) is 0.0627. The molecule has 1 unspecified atom stereocenters. The SMILES string of the molecule is CCOc1cc(OC(F)F)ccc1C(C)C=O. The zero-order chi connectivity index (χ0) is 12.8. The van der Waals surface area contributed by atoms with E-state index in [0.717, 1.165) is 6.29 Å². The molecule has 0 bridgehead atoms. The minimum Gasteiger partial charge on any atom is -0.493 e. The molecule has 94 valence electrons. The Morgan fingerprint density at radius 3 is 2.65 bits per heavy atom. The molecule has 17 heavy (non-hydrogen) atoms. The number of ether oxygens (including phenoxy) is 2. The van der Waals surface area contributed by atoms with Gasteiger partial charge in [0.1, 0.15) is 17.8 Å². The zero-order valence-electron chi connectivity index (χ0n) is 9.65. The average Bonchev–Trinajstić information content (AvgIpc) is 2.28. The van der Waals surface area contributed by atoms with Crippen molar-refractivity contribution < 1.29 is 23.0 Å². The summed E-state index contributed by atoms with van der Waals surface area (Å²) in [6.07, 6.45) is 0.769. The first kappa shape index (κ1) is 13.4. The third-order valence-corrected chi connectivity index (χ3v) is 2.20. The van der Waals surface area contributed by atoms with Gasteiger partial charge in [-0.05, 0) is 13.0 Å². The van der Waals surface area contributed by atoms with Crippen LogP contribution in [-0.2, 0) is 4.79 Å². The molecule has 0 N–H and O–H groups in total. The molecule has 3 nitrogen and oxygen atoms in total. The Balaban J connectivity index is 3.02. The number of carbonyl (C=O) groups excluding carboxylic acids is 1. The van der Waals surface area contributed by atoms with E-state index in [4.69, 9.17) is 4.74 Å². The molecule has 0 saturated carbocycles. The second-order valence-electron chi connectivity index (χ2n) is 3.44. The highest BCUT2D eigenvalue weighted by atomic mass is 19.3. The van der Waals surface area contributed by atoms with E-state index in [1.807, 2.05) is 0 Å². The first-order valence-electron chi connectivity index (χ1n) is 5.25. The first-order valence-corrected chi connectivity index (χ1v) is 5.25. The molecule has 5 heteroatoms. The van der Waals surface area contributed by atoms with Gasteiger partial charge in [-0.25, -0.2) is 0 Å². The predicted octanol–water partition coefficient (Wildman–Crippen LogP) is 2.99. The van der Waals surface area contributed by atoms with Crippen molar-refractivity contribution in [1.29, 1.82) is 0 Å². The van der Waals surface area contributed by atoms with Crippen LogP contribution in [0.3, 0.4) is 0 Å². The Labute approximate surface area is 98.3 Å². The fourth-order valence-corrected chi connectivity index (χ4v) is 1.42. The molecule has 0 aromatic heterocycles. The van der Waals surface area contributed by atoms with Crippen molar-refractivity contribution in [3.63, 3.8) is 0 Å². The summed E-state index contributed by atoms with van der Waals surface area (Å²) in [4.78, 5) is 10.7. The van der Waals surface area contributed by atoms with Crippen LogP contribution >= 0.6 is 0 Å². The third-order valence-electron chi connectivity index (χ3n) is 2.20. The summed E-state index contributed by atoms with van der Waals surface area (Å²) in [5, 5.41) is 0. The Bertz CT molecular complexity index is 380. The van der Waals surface area contributed by atoms with Crippen molar-refractivity contribution >= 4 is 6.29 Å². The summed E-state index contributed by atoms with van der Waals surface area (Å²) >= 11 is 0. The molecule has 0 radical (unpaired) electrons. The van der Waals surface area contributed by atoms with Gasteiger partial charge in [-0.3, -0.25) is 0 Å². The number of hydrogen-bond acceptors (Lipinski definition) is 3. The van der Waals surface area contributed by atoms with Crippen LogP contribution in [0.5, 0.6) is 11.5 Å². The molecule has 0 saturated heterocycles. The van der Waals surface area contributed by atoms with Crippen molar-refractivity contribution in [2.24, 2.45) is 0 Å². The quantitative estimate of drug-likeness (QED) is 0.721. The second-order valence-corrected chi connectivity index (χ2v) is 3.44. The van der Waals surface area contributed by atoms with Crippen LogP contribution in [0, 0.1) is 0 Å². The molecular formula is C12H14F2O3. The Hall–Kier alpha value is -1.65. The maximum Gasteiger partial charge on any atom is 0.387 e. The minimum absolute atomic E-state index is 0.0188. The van der Waals surface area contributed by atoms with Crippen LogP contribution in [0.1, 0.15) is 25.3 Å². The lowest BCUT2D eigenvalue weighted by molar-refractivity contribution is -0.108. The van der Waals surface area contributed by atoms with E-state index in [2.05, 4.69) is 4.74 Å². The summed E-state index contributed by atoms with van der Waals surface area (Å²) in [5.41, 5.74) is 0.656. The molecule has 0 aliphatic rings. The molecule has 0 aliphatic carbocycles. The number of aldehydes is 1. The zero-order valence-corrected chi connectivity index (χ0v) is 9.65. The van der Waals surface area contributed by atoms with Gasteiger partial charge in [0, 0.05) is 17.5 Å². The first-order chi connectivity index (χ1) is 8.08. The van der Waals surface area contributed by atoms with Crippen molar-refractivity contribution in [2.45, 2.75) is 26.4 Å². The summed E-state index contributed by atoms with van der Waals surface area (Å²) in [6, 6.07) is 4.32. The van der Waals surface area contributed by atoms with E-state index in [9.17, 15) is 13.6 Å². The number of rotatable bonds is 6. The summed E-state index contributed by atoms with van der Waals surface area (Å²) in [7, 11) is 0. The standard InChI is InChI=1S/C12H14F2O3/c1-3-16-11-6-9(17-12(13)14)4-5-10(11)8(2)7-15/h4-8,12H,3H2,1-2H3. The van der Waals surface area contributed by atoms with Crippen molar-refractivity contribution in [3.05, 3.63) is 23.8 Å². The normalized spacial score (nSPS) is 12.3. The van der Waals surface area contributed by atoms with Gasteiger partial charge < -0.3 is 14.3 Å². The van der Waals surface area contributed by atoms with Crippen LogP contribution < -0.4 is 9.47 Å². The summed E-state index contributed by atoms with van der Waals surface area (Å²) in [6.45, 7) is 0.990. The maximum atomic E-state index is 12.0. The lowest BCUT2D eigenvalue weighted by atomic mass is 10.0. The predicted molar refractivity (Wildman–Crippen MR) is 58.7 cm³/mol. The van der Waals surface area contributed by atoms with E-state index in [-0.39, 0.29) is 11.7 Å². The molecule has 1 aromatic rings. The molecule has 0 spiro atoms. The molecule has 1 atom stereocenters. The molecule has 0 amide bonds. The number of benzene rings is 1. The molecule has 0 fully saturated rings. The van der Waals surface area contributed by atoms with Gasteiger partial charge in [-0.15, -0.1) is 0 Å². The van der Waals surface area contributed by atoms with E-state index in [0.29, 0.717) is 17.9 Å². The number of alkyl halides is 2. The topological polar surface area (TPSA) is 35.5 Å². The Morgan fingerprint density at radius 1 is 1.41 bits per heavy atom. The fraction of sp³-hybridized carbons (Fsp3) is 0.417. The summed E-state index contributed by atoms with van der Waals surface area (Å²) < 4.78 is 33.7. The maximum absolute atomic E-state index is 12.0. The highest BCUT2D eigenvalue weighted by Crippen LogP contribution is 2.30. The number of carbonyl (C=O) groups is 1. The van der Waals surface area contributed by atoms with Gasteiger partial charge in [0.15, 0.2) is 0 Å². The molecule has 0 aliphatic heterocycles. The van der Waals surface area contributed by atoms with Crippen LogP contribution in [-0.4, -0.2) is 19.5 Å². The van der Waals surface area contributed by atoms with Gasteiger partial charge in [0.2, 0.25) is 0 Å². The third kappa shape index (κ3) is 3.69. The second kappa shape index (κ2) is 6.18. The Kier molecular flexibility index (Phi) is 4.87. The van der Waals surface area contributed by atoms with E-state index in [1.165, 1.54) is 12.1 Å². The number of hydrogen-bond donors (Lipinski definition) is 0. The highest BCUT2D eigenvalue weighted by Gasteiger charge is 2.13. The average molecular weight is 244 g/mol. The van der Waals surface area contributed by atoms with Crippen molar-refractivity contribution in [2.75, 3.05) is 6.61 Å². The highest BCUT2D eigenvalue weighted by molar-refractivity contribution is 5.64. The lowest BCUT2D eigenvalue weighted by Crippen LogP contribution is -2.05. The van der Waals surface area contributed by atoms with Gasteiger partial charge >= 0.3 is 6.61 Å². The molecular weight excluding hydrogens is 230 g/mol. The van der Waals surface area contributed by atoms with E-state index < -0.39 is 6.61 Å². The van der Waals surface area contributed by atoms with Gasteiger partial charge in [-0.2, -0.15) is 8.78 Å². The fourth-order valence-electron chi connectivity index (χ4n) is 1.42. The number of halogens is 2. The Morgan fingerprint density at radius 2 is 2.12 bits per heavy atom. The van der Waals surface area contributed by atoms with E-state index >= 15 is 0 Å². The van der Waals surface area contributed by atoms with Crippen molar-refractivity contribution in [1.82, 2.24) is 0 Å². The largest absolute Gasteiger partial charge is 0.493 e. The van der Waals surface area contributed by atoms with Crippen molar-refractivity contribution in [3.8, 4) is 11.5 Å².